The van der Waals surface area contributed by atoms with Gasteiger partial charge >= 0.3 is 6.03 Å². The maximum absolute atomic E-state index is 14.3. The van der Waals surface area contributed by atoms with Gasteiger partial charge in [0.05, 0.1) is 24.9 Å². The van der Waals surface area contributed by atoms with Crippen LogP contribution >= 0.6 is 0 Å². The molecule has 0 bridgehead atoms. The standard InChI is InChI=1S/C28H31FN4O3/c1-18(21-10-11-25(29)23-7-5-4-6-22(21)23)31-28(34)33-14-12-32(13-15-33)20-8-9-24(26(16-20)35-3)27-17-30-19(2)36-27/h4-10,16-18,25H,11-15H2,1-3H3,(H,31,34). The van der Waals surface area contributed by atoms with E-state index in [-0.39, 0.29) is 12.1 Å². The number of urea groups is 1. The van der Waals surface area contributed by atoms with Crippen LogP contribution in [-0.4, -0.2) is 55.2 Å². The summed E-state index contributed by atoms with van der Waals surface area (Å²) in [5, 5.41) is 3.12. The minimum absolute atomic E-state index is 0.100. The largest absolute Gasteiger partial charge is 0.496 e. The number of benzene rings is 2. The van der Waals surface area contributed by atoms with E-state index >= 15 is 0 Å². The molecule has 3 aromatic rings. The number of amides is 2. The summed E-state index contributed by atoms with van der Waals surface area (Å²) in [7, 11) is 1.64. The normalized spacial score (nSPS) is 18.3. The van der Waals surface area contributed by atoms with Gasteiger partial charge in [0.15, 0.2) is 11.7 Å². The lowest BCUT2D eigenvalue weighted by Gasteiger charge is -2.37. The van der Waals surface area contributed by atoms with Gasteiger partial charge in [-0.25, -0.2) is 14.2 Å². The zero-order chi connectivity index (χ0) is 25.2. The third-order valence-corrected chi connectivity index (χ3v) is 6.96. The van der Waals surface area contributed by atoms with Gasteiger partial charge in [0.2, 0.25) is 0 Å². The van der Waals surface area contributed by atoms with E-state index in [1.807, 2.05) is 67.3 Å². The van der Waals surface area contributed by atoms with Crippen LogP contribution in [-0.2, 0) is 0 Å². The second-order valence-electron chi connectivity index (χ2n) is 9.22. The first-order chi connectivity index (χ1) is 17.4. The second kappa shape index (κ2) is 10.0. The van der Waals surface area contributed by atoms with Gasteiger partial charge in [0.1, 0.15) is 11.9 Å². The molecular formula is C28H31FN4O3. The summed E-state index contributed by atoms with van der Waals surface area (Å²) in [6.07, 6.45) is 2.95. The molecular weight excluding hydrogens is 459 g/mol. The van der Waals surface area contributed by atoms with Gasteiger partial charge in [-0.1, -0.05) is 30.3 Å². The molecule has 2 amide bonds. The van der Waals surface area contributed by atoms with Crippen LogP contribution in [0.4, 0.5) is 14.9 Å². The molecule has 1 fully saturated rings. The number of nitrogens with zero attached hydrogens (tertiary/aromatic N) is 3. The van der Waals surface area contributed by atoms with Crippen molar-refractivity contribution in [2.24, 2.45) is 0 Å². The van der Waals surface area contributed by atoms with Gasteiger partial charge in [0.25, 0.3) is 0 Å². The SMILES string of the molecule is COc1cc(N2CCN(C(=O)NC(C)C3=CCC(F)c4ccccc43)CC2)ccc1-c1cnc(C)o1. The summed E-state index contributed by atoms with van der Waals surface area (Å²) < 4.78 is 25.6. The number of nitrogens with one attached hydrogen (secondary N) is 1. The average molecular weight is 491 g/mol. The van der Waals surface area contributed by atoms with Crippen LogP contribution in [0.2, 0.25) is 0 Å². The molecule has 2 unspecified atom stereocenters. The Balaban J connectivity index is 1.21. The van der Waals surface area contributed by atoms with Gasteiger partial charge in [0, 0.05) is 51.3 Å². The first kappa shape index (κ1) is 23.9. The quantitative estimate of drug-likeness (QED) is 0.520. The third kappa shape index (κ3) is 4.67. The Hall–Kier alpha value is -3.81. The van der Waals surface area contributed by atoms with E-state index in [0.29, 0.717) is 55.6 Å². The van der Waals surface area contributed by atoms with Crippen molar-refractivity contribution in [2.45, 2.75) is 32.5 Å². The molecule has 2 aliphatic rings. The zero-order valence-corrected chi connectivity index (χ0v) is 20.8. The molecule has 0 spiro atoms. The lowest BCUT2D eigenvalue weighted by atomic mass is 9.86. The molecule has 2 atom stereocenters. The molecule has 1 aliphatic carbocycles. The fourth-order valence-corrected chi connectivity index (χ4v) is 5.00. The maximum atomic E-state index is 14.3. The van der Waals surface area contributed by atoms with Crippen molar-refractivity contribution in [3.63, 3.8) is 0 Å². The second-order valence-corrected chi connectivity index (χ2v) is 9.22. The molecule has 8 heteroatoms. The average Bonchev–Trinajstić information content (AvgIpc) is 3.34. The molecule has 1 N–H and O–H groups in total. The highest BCUT2D eigenvalue weighted by Gasteiger charge is 2.27. The highest BCUT2D eigenvalue weighted by Crippen LogP contribution is 2.37. The number of carbonyl (C=O) groups excluding carboxylic acids is 1. The van der Waals surface area contributed by atoms with E-state index in [1.165, 1.54) is 0 Å². The fraction of sp³-hybridized carbons (Fsp3) is 0.357. The van der Waals surface area contributed by atoms with Crippen LogP contribution < -0.4 is 15.0 Å². The smallest absolute Gasteiger partial charge is 0.317 e. The highest BCUT2D eigenvalue weighted by atomic mass is 19.1. The van der Waals surface area contributed by atoms with Crippen LogP contribution in [0, 0.1) is 6.92 Å². The monoisotopic (exact) mass is 490 g/mol. The van der Waals surface area contributed by atoms with Crippen molar-refractivity contribution in [3.8, 4) is 17.1 Å². The Morgan fingerprint density at radius 3 is 2.67 bits per heavy atom. The molecule has 0 saturated carbocycles. The van der Waals surface area contributed by atoms with E-state index in [2.05, 4.69) is 15.2 Å². The van der Waals surface area contributed by atoms with Crippen molar-refractivity contribution >= 4 is 17.3 Å². The molecule has 1 aromatic heterocycles. The number of methoxy groups -OCH3 is 1. The van der Waals surface area contributed by atoms with Crippen LogP contribution in [0.15, 0.2) is 59.2 Å². The van der Waals surface area contributed by atoms with Crippen molar-refractivity contribution in [2.75, 3.05) is 38.2 Å². The molecule has 1 saturated heterocycles. The number of hydrogen-bond acceptors (Lipinski definition) is 5. The van der Waals surface area contributed by atoms with Crippen LogP contribution in [0.3, 0.4) is 0 Å². The van der Waals surface area contributed by atoms with Crippen LogP contribution in [0.25, 0.3) is 16.9 Å². The predicted octanol–water partition coefficient (Wildman–Crippen LogP) is 5.38. The molecule has 1 aliphatic heterocycles. The topological polar surface area (TPSA) is 70.8 Å². The number of aromatic nitrogens is 1. The number of hydrogen-bond donors (Lipinski definition) is 1. The minimum atomic E-state index is -0.992. The number of ether oxygens (including phenoxy) is 1. The lowest BCUT2D eigenvalue weighted by molar-refractivity contribution is 0.193. The summed E-state index contributed by atoms with van der Waals surface area (Å²) in [6, 6.07) is 13.2. The Labute approximate surface area is 210 Å². The number of halogens is 1. The number of anilines is 1. The number of oxazole rings is 1. The van der Waals surface area contributed by atoms with Crippen molar-refractivity contribution < 1.29 is 18.3 Å². The molecule has 36 heavy (non-hydrogen) atoms. The number of fused-ring (bicyclic) bond motifs is 1. The van der Waals surface area contributed by atoms with Crippen LogP contribution in [0.1, 0.15) is 36.5 Å². The van der Waals surface area contributed by atoms with Gasteiger partial charge in [-0.3, -0.25) is 0 Å². The van der Waals surface area contributed by atoms with Gasteiger partial charge in [-0.15, -0.1) is 0 Å². The summed E-state index contributed by atoms with van der Waals surface area (Å²) >= 11 is 0. The van der Waals surface area contributed by atoms with E-state index in [1.54, 1.807) is 13.3 Å². The summed E-state index contributed by atoms with van der Waals surface area (Å²) in [5.41, 5.74) is 4.44. The molecule has 2 aromatic carbocycles. The lowest BCUT2D eigenvalue weighted by Crippen LogP contribution is -2.53. The molecule has 0 radical (unpaired) electrons. The predicted molar refractivity (Wildman–Crippen MR) is 138 cm³/mol. The summed E-state index contributed by atoms with van der Waals surface area (Å²) in [5.74, 6) is 1.99. The molecule has 7 nitrogen and oxygen atoms in total. The minimum Gasteiger partial charge on any atom is -0.496 e. The number of aryl methyl sites for hydroxylation is 1. The number of rotatable bonds is 5. The van der Waals surface area contributed by atoms with E-state index in [4.69, 9.17) is 9.15 Å². The molecule has 188 valence electrons. The number of alkyl halides is 1. The third-order valence-electron chi connectivity index (χ3n) is 6.96. The van der Waals surface area contributed by atoms with Gasteiger partial charge in [-0.05, 0) is 35.8 Å². The number of allylic oxidation sites excluding steroid dienone is 1. The van der Waals surface area contributed by atoms with Crippen LogP contribution in [0.5, 0.6) is 5.75 Å². The maximum Gasteiger partial charge on any atom is 0.317 e. The fourth-order valence-electron chi connectivity index (χ4n) is 5.00. The molecule has 2 heterocycles. The summed E-state index contributed by atoms with van der Waals surface area (Å²) in [6.45, 7) is 6.39. The molecule has 5 rings (SSSR count). The summed E-state index contributed by atoms with van der Waals surface area (Å²) in [4.78, 5) is 21.3. The van der Waals surface area contributed by atoms with Gasteiger partial charge in [-0.2, -0.15) is 0 Å². The first-order valence-corrected chi connectivity index (χ1v) is 12.3. The Bertz CT molecular complexity index is 1280. The van der Waals surface area contributed by atoms with E-state index in [0.717, 1.165) is 22.4 Å². The number of piperazine rings is 1. The Morgan fingerprint density at radius 1 is 1.17 bits per heavy atom. The number of carbonyl (C=O) groups is 1. The van der Waals surface area contributed by atoms with E-state index < -0.39 is 6.17 Å². The highest BCUT2D eigenvalue weighted by molar-refractivity contribution is 5.81. The van der Waals surface area contributed by atoms with Crippen molar-refractivity contribution in [1.82, 2.24) is 15.2 Å². The van der Waals surface area contributed by atoms with Crippen molar-refractivity contribution in [3.05, 3.63) is 71.8 Å². The van der Waals surface area contributed by atoms with Crippen molar-refractivity contribution in [1.29, 1.82) is 0 Å². The van der Waals surface area contributed by atoms with E-state index in [9.17, 15) is 9.18 Å². The zero-order valence-electron chi connectivity index (χ0n) is 20.8. The Kier molecular flexibility index (Phi) is 6.67. The first-order valence-electron chi connectivity index (χ1n) is 12.3. The van der Waals surface area contributed by atoms with Gasteiger partial charge < -0.3 is 24.3 Å². The Morgan fingerprint density at radius 2 is 1.94 bits per heavy atom.